The Bertz CT molecular complexity index is 4230. The second-order valence-electron chi connectivity index (χ2n) is 17.4. The summed E-state index contributed by atoms with van der Waals surface area (Å²) in [6.45, 7) is 0. The van der Waals surface area contributed by atoms with E-state index in [0.29, 0.717) is 17.5 Å². The van der Waals surface area contributed by atoms with Gasteiger partial charge in [-0.1, -0.05) is 176 Å². The average Bonchev–Trinajstić information content (AvgIpc) is 3.94. The van der Waals surface area contributed by atoms with E-state index in [1.807, 2.05) is 18.2 Å². The minimum atomic E-state index is 0.592. The lowest BCUT2D eigenvalue weighted by atomic mass is 9.93. The van der Waals surface area contributed by atoms with E-state index in [1.54, 1.807) is 0 Å². The third-order valence-corrected chi connectivity index (χ3v) is 13.6. The van der Waals surface area contributed by atoms with Crippen molar-refractivity contribution in [2.45, 2.75) is 0 Å². The van der Waals surface area contributed by atoms with Crippen molar-refractivity contribution in [1.29, 1.82) is 0 Å². The SMILES string of the molecule is c1ccc(-c2nc(-c3ccc(-c4ccccc4)c(-n4c5ccccc5c5ccc[n+](-n6c7ccccc7c7ccccc76)c54)c3)nc(-c3ccc4c5ccccc5c5ccccc5c4c3)n2)cc1. The summed E-state index contributed by atoms with van der Waals surface area (Å²) in [5.74, 6) is 1.82. The van der Waals surface area contributed by atoms with Crippen molar-refractivity contribution in [1.82, 2.24) is 24.2 Å². The summed E-state index contributed by atoms with van der Waals surface area (Å²) in [6, 6.07) is 82.1. The molecule has 68 heavy (non-hydrogen) atoms. The fourth-order valence-corrected chi connectivity index (χ4v) is 10.6. The molecule has 0 saturated heterocycles. The van der Waals surface area contributed by atoms with Crippen LogP contribution in [0.2, 0.25) is 0 Å². The molecule has 0 unspecified atom stereocenters. The zero-order valence-corrected chi connectivity index (χ0v) is 36.7. The van der Waals surface area contributed by atoms with Crippen LogP contribution in [0.4, 0.5) is 0 Å². The van der Waals surface area contributed by atoms with Crippen LogP contribution >= 0.6 is 0 Å². The van der Waals surface area contributed by atoms with Crippen molar-refractivity contribution in [2.24, 2.45) is 0 Å². The summed E-state index contributed by atoms with van der Waals surface area (Å²) in [5.41, 5.74) is 10.3. The fraction of sp³-hybridized carbons (Fsp3) is 0. The summed E-state index contributed by atoms with van der Waals surface area (Å²) in [4.78, 5) is 15.9. The molecule has 0 fully saturated rings. The van der Waals surface area contributed by atoms with Gasteiger partial charge in [0, 0.05) is 38.4 Å². The lowest BCUT2D eigenvalue weighted by molar-refractivity contribution is -0.697. The van der Waals surface area contributed by atoms with Crippen LogP contribution in [0, 0.1) is 0 Å². The Morgan fingerprint density at radius 2 is 0.721 bits per heavy atom. The number of rotatable bonds is 6. The number of pyridine rings is 1. The number of para-hydroxylation sites is 3. The minimum absolute atomic E-state index is 0.592. The number of benzene rings is 10. The van der Waals surface area contributed by atoms with Crippen LogP contribution in [0.5, 0.6) is 0 Å². The van der Waals surface area contributed by atoms with E-state index in [2.05, 4.69) is 232 Å². The monoisotopic (exact) mass is 867 g/mol. The van der Waals surface area contributed by atoms with Gasteiger partial charge in [0.2, 0.25) is 0 Å². The average molecular weight is 868 g/mol. The zero-order chi connectivity index (χ0) is 44.7. The first-order valence-electron chi connectivity index (χ1n) is 23.0. The smallest absolute Gasteiger partial charge is 0.208 e. The number of fused-ring (bicyclic) bond motifs is 12. The molecule has 0 spiro atoms. The fourth-order valence-electron chi connectivity index (χ4n) is 10.6. The first kappa shape index (κ1) is 38.1. The summed E-state index contributed by atoms with van der Waals surface area (Å²) >= 11 is 0. The largest absolute Gasteiger partial charge is 0.319 e. The third-order valence-electron chi connectivity index (χ3n) is 13.6. The lowest BCUT2D eigenvalue weighted by Gasteiger charge is -2.14. The summed E-state index contributed by atoms with van der Waals surface area (Å²) in [7, 11) is 0. The zero-order valence-electron chi connectivity index (χ0n) is 36.7. The number of hydrogen-bond acceptors (Lipinski definition) is 3. The molecule has 0 radical (unpaired) electrons. The van der Waals surface area contributed by atoms with Gasteiger partial charge in [-0.25, -0.2) is 15.0 Å². The molecule has 0 N–H and O–H groups in total. The number of aromatic nitrogens is 6. The van der Waals surface area contributed by atoms with Crippen molar-refractivity contribution < 1.29 is 4.68 Å². The molecule has 0 aliphatic carbocycles. The van der Waals surface area contributed by atoms with Crippen molar-refractivity contribution in [2.75, 3.05) is 0 Å². The van der Waals surface area contributed by atoms with Gasteiger partial charge in [-0.2, -0.15) is 9.24 Å². The Hall–Kier alpha value is -9.26. The predicted octanol–water partition coefficient (Wildman–Crippen LogP) is 14.8. The second kappa shape index (κ2) is 15.2. The molecule has 0 bridgehead atoms. The van der Waals surface area contributed by atoms with E-state index >= 15 is 0 Å². The highest BCUT2D eigenvalue weighted by Gasteiger charge is 2.28. The number of hydrogen-bond donors (Lipinski definition) is 0. The first-order chi connectivity index (χ1) is 33.7. The van der Waals surface area contributed by atoms with Gasteiger partial charge >= 0.3 is 5.65 Å². The van der Waals surface area contributed by atoms with E-state index in [0.717, 1.165) is 71.9 Å². The molecular weight excluding hydrogens is 829 g/mol. The normalized spacial score (nSPS) is 11.8. The van der Waals surface area contributed by atoms with Crippen molar-refractivity contribution in [3.8, 4) is 51.0 Å². The lowest BCUT2D eigenvalue weighted by Crippen LogP contribution is -2.43. The second-order valence-corrected chi connectivity index (χ2v) is 17.4. The molecule has 0 aliphatic heterocycles. The number of nitrogens with zero attached hydrogens (tertiary/aromatic N) is 6. The van der Waals surface area contributed by atoms with Gasteiger partial charge < -0.3 is 0 Å². The standard InChI is InChI=1S/C62H39N6/c1-3-18-40(19-4-1)44-35-33-43(39-58(44)67-55-30-14-11-28-52(55)53-29-17-37-66(62(53)67)68-56-31-15-12-26-50(56)51-27-13-16-32-57(51)68)61-64-59(41-20-5-2-6-21-41)63-60(65-61)42-34-36-49-47-24-8-7-22-45(47)46-23-9-10-25-48(46)54(49)38-42/h1-39H/q+1. The van der Waals surface area contributed by atoms with Crippen molar-refractivity contribution in [3.05, 3.63) is 237 Å². The molecule has 0 amide bonds. The molecule has 10 aromatic carbocycles. The Labute approximate surface area is 390 Å². The molecule has 4 heterocycles. The van der Waals surface area contributed by atoms with Gasteiger partial charge in [0.1, 0.15) is 17.4 Å². The molecule has 14 aromatic rings. The van der Waals surface area contributed by atoms with Crippen molar-refractivity contribution >= 4 is 76.1 Å². The molecular formula is C62H39N6+. The van der Waals surface area contributed by atoms with Crippen LogP contribution in [-0.2, 0) is 0 Å². The minimum Gasteiger partial charge on any atom is -0.208 e. The van der Waals surface area contributed by atoms with Crippen LogP contribution in [0.1, 0.15) is 0 Å². The molecule has 0 saturated carbocycles. The molecule has 316 valence electrons. The van der Waals surface area contributed by atoms with Crippen LogP contribution < -0.4 is 4.68 Å². The van der Waals surface area contributed by atoms with Gasteiger partial charge in [0.05, 0.1) is 16.4 Å². The molecule has 0 aliphatic rings. The highest BCUT2D eigenvalue weighted by Crippen LogP contribution is 2.40. The summed E-state index contributed by atoms with van der Waals surface area (Å²) < 4.78 is 7.11. The molecule has 6 heteroatoms. The van der Waals surface area contributed by atoms with Gasteiger partial charge in [-0.15, -0.1) is 4.68 Å². The first-order valence-corrected chi connectivity index (χ1v) is 23.0. The molecule has 0 atom stereocenters. The Morgan fingerprint density at radius 3 is 1.32 bits per heavy atom. The Kier molecular flexibility index (Phi) is 8.48. The van der Waals surface area contributed by atoms with Crippen LogP contribution in [0.25, 0.3) is 127 Å². The van der Waals surface area contributed by atoms with Gasteiger partial charge in [0.15, 0.2) is 17.5 Å². The van der Waals surface area contributed by atoms with Gasteiger partial charge in [-0.3, -0.25) is 0 Å². The van der Waals surface area contributed by atoms with Crippen LogP contribution in [0.15, 0.2) is 237 Å². The van der Waals surface area contributed by atoms with Gasteiger partial charge in [0.25, 0.3) is 0 Å². The van der Waals surface area contributed by atoms with Crippen LogP contribution in [0.3, 0.4) is 0 Å². The van der Waals surface area contributed by atoms with Crippen molar-refractivity contribution in [3.63, 3.8) is 0 Å². The molecule has 6 nitrogen and oxygen atoms in total. The maximum absolute atomic E-state index is 5.38. The highest BCUT2D eigenvalue weighted by molar-refractivity contribution is 6.25. The molecule has 4 aromatic heterocycles. The van der Waals surface area contributed by atoms with E-state index < -0.39 is 0 Å². The van der Waals surface area contributed by atoms with E-state index in [-0.39, 0.29) is 0 Å². The maximum atomic E-state index is 5.38. The summed E-state index contributed by atoms with van der Waals surface area (Å²) in [6.07, 6.45) is 2.18. The Balaban J connectivity index is 1.05. The summed E-state index contributed by atoms with van der Waals surface area (Å²) in [5, 5.41) is 12.0. The van der Waals surface area contributed by atoms with E-state index in [4.69, 9.17) is 15.0 Å². The predicted molar refractivity (Wildman–Crippen MR) is 279 cm³/mol. The Morgan fingerprint density at radius 1 is 0.294 bits per heavy atom. The maximum Gasteiger partial charge on any atom is 0.319 e. The highest BCUT2D eigenvalue weighted by atomic mass is 15.5. The van der Waals surface area contributed by atoms with E-state index in [9.17, 15) is 0 Å². The topological polar surface area (TPSA) is 52.4 Å². The third kappa shape index (κ3) is 5.84. The van der Waals surface area contributed by atoms with E-state index in [1.165, 1.54) is 37.7 Å². The quantitative estimate of drug-likeness (QED) is 0.124. The van der Waals surface area contributed by atoms with Gasteiger partial charge in [-0.05, 0) is 92.5 Å². The van der Waals surface area contributed by atoms with Crippen LogP contribution in [-0.4, -0.2) is 24.2 Å². The molecule has 14 rings (SSSR count).